The summed E-state index contributed by atoms with van der Waals surface area (Å²) in [6.45, 7) is 6.94. The summed E-state index contributed by atoms with van der Waals surface area (Å²) in [5.74, 6) is -0.0413. The quantitative estimate of drug-likeness (QED) is 0.848. The van der Waals surface area contributed by atoms with Crippen molar-refractivity contribution in [3.8, 4) is 0 Å². The molecule has 1 amide bonds. The number of nitrogens with zero attached hydrogens (tertiary/aromatic N) is 3. The van der Waals surface area contributed by atoms with Crippen LogP contribution < -0.4 is 5.32 Å². The third-order valence-electron chi connectivity index (χ3n) is 2.75. The van der Waals surface area contributed by atoms with Gasteiger partial charge >= 0.3 is 0 Å². The Morgan fingerprint density at radius 2 is 2.00 bits per heavy atom. The highest BCUT2D eigenvalue weighted by Crippen LogP contribution is 2.18. The molecule has 1 N–H and O–H groups in total. The Labute approximate surface area is 106 Å². The van der Waals surface area contributed by atoms with Gasteiger partial charge in [-0.15, -0.1) is 10.2 Å². The lowest BCUT2D eigenvalue weighted by Gasteiger charge is -2.24. The first kappa shape index (κ1) is 13.9. The maximum Gasteiger partial charge on any atom is 0.284 e. The van der Waals surface area contributed by atoms with E-state index in [0.29, 0.717) is 10.1 Å². The summed E-state index contributed by atoms with van der Waals surface area (Å²) in [7, 11) is 1.83. The zero-order valence-electron chi connectivity index (χ0n) is 10.9. The second-order valence-electron chi connectivity index (χ2n) is 3.83. The van der Waals surface area contributed by atoms with Crippen LogP contribution in [0, 0.1) is 0 Å². The predicted octanol–water partition coefficient (Wildman–Crippen LogP) is 2.23. The van der Waals surface area contributed by atoms with E-state index in [1.54, 1.807) is 4.90 Å². The third-order valence-corrected chi connectivity index (χ3v) is 3.62. The number of hydrogen-bond donors (Lipinski definition) is 1. The maximum absolute atomic E-state index is 12.1. The Morgan fingerprint density at radius 3 is 2.53 bits per heavy atom. The molecule has 1 rings (SSSR count). The Balaban J connectivity index is 2.73. The summed E-state index contributed by atoms with van der Waals surface area (Å²) in [5, 5.41) is 12.1. The smallest absolute Gasteiger partial charge is 0.284 e. The maximum atomic E-state index is 12.1. The summed E-state index contributed by atoms with van der Waals surface area (Å²) < 4.78 is 0. The lowest BCUT2D eigenvalue weighted by molar-refractivity contribution is 0.0722. The fourth-order valence-electron chi connectivity index (χ4n) is 1.69. The molecule has 0 aliphatic carbocycles. The van der Waals surface area contributed by atoms with Crippen LogP contribution in [0.15, 0.2) is 0 Å². The molecule has 0 radical (unpaired) electrons. The zero-order chi connectivity index (χ0) is 12.8. The van der Waals surface area contributed by atoms with Crippen molar-refractivity contribution >= 4 is 22.4 Å². The van der Waals surface area contributed by atoms with Crippen LogP contribution in [0.5, 0.6) is 0 Å². The lowest BCUT2D eigenvalue weighted by Crippen LogP contribution is -2.36. The van der Waals surface area contributed by atoms with Gasteiger partial charge < -0.3 is 10.2 Å². The standard InChI is InChI=1S/C11H20N4OS/c1-5-8(6-2)15(4)10(16)9-13-14-11(17-9)12-7-3/h8H,5-7H2,1-4H3,(H,12,14). The van der Waals surface area contributed by atoms with Crippen LogP contribution in [0.1, 0.15) is 43.4 Å². The van der Waals surface area contributed by atoms with Crippen molar-refractivity contribution < 1.29 is 4.79 Å². The molecule has 6 heteroatoms. The van der Waals surface area contributed by atoms with Gasteiger partial charge in [-0.1, -0.05) is 25.2 Å². The van der Waals surface area contributed by atoms with Crippen LogP contribution in [0.3, 0.4) is 0 Å². The predicted molar refractivity (Wildman–Crippen MR) is 70.5 cm³/mol. The Kier molecular flexibility index (Phi) is 5.34. The molecule has 1 aromatic rings. The number of carbonyl (C=O) groups excluding carboxylic acids is 1. The van der Waals surface area contributed by atoms with E-state index in [1.807, 2.05) is 14.0 Å². The highest BCUT2D eigenvalue weighted by atomic mass is 32.1. The normalized spacial score (nSPS) is 10.6. The van der Waals surface area contributed by atoms with E-state index >= 15 is 0 Å². The second-order valence-corrected chi connectivity index (χ2v) is 4.81. The van der Waals surface area contributed by atoms with E-state index in [9.17, 15) is 4.79 Å². The van der Waals surface area contributed by atoms with Crippen LogP contribution >= 0.6 is 11.3 Å². The van der Waals surface area contributed by atoms with Crippen molar-refractivity contribution in [1.82, 2.24) is 15.1 Å². The van der Waals surface area contributed by atoms with Gasteiger partial charge in [-0.2, -0.15) is 0 Å². The minimum Gasteiger partial charge on any atom is -0.360 e. The Hall–Kier alpha value is -1.17. The summed E-state index contributed by atoms with van der Waals surface area (Å²) in [5.41, 5.74) is 0. The molecule has 0 fully saturated rings. The van der Waals surface area contributed by atoms with E-state index in [2.05, 4.69) is 29.4 Å². The van der Waals surface area contributed by atoms with Crippen LogP contribution in [0.25, 0.3) is 0 Å². The number of aromatic nitrogens is 2. The van der Waals surface area contributed by atoms with E-state index < -0.39 is 0 Å². The molecule has 0 aromatic carbocycles. The summed E-state index contributed by atoms with van der Waals surface area (Å²) >= 11 is 1.31. The monoisotopic (exact) mass is 256 g/mol. The molecule has 0 atom stereocenters. The molecule has 96 valence electrons. The first-order chi connectivity index (χ1) is 8.13. The van der Waals surface area contributed by atoms with Gasteiger partial charge in [0.2, 0.25) is 10.1 Å². The van der Waals surface area contributed by atoms with Crippen LogP contribution in [-0.4, -0.2) is 40.6 Å². The van der Waals surface area contributed by atoms with Gasteiger partial charge in [-0.25, -0.2) is 0 Å². The Bertz CT molecular complexity index is 362. The molecule has 0 bridgehead atoms. The van der Waals surface area contributed by atoms with E-state index in [0.717, 1.165) is 19.4 Å². The first-order valence-electron chi connectivity index (χ1n) is 5.98. The fourth-order valence-corrected chi connectivity index (χ4v) is 2.48. The topological polar surface area (TPSA) is 58.1 Å². The first-order valence-corrected chi connectivity index (χ1v) is 6.80. The van der Waals surface area contributed by atoms with Gasteiger partial charge in [0.25, 0.3) is 5.91 Å². The van der Waals surface area contributed by atoms with Crippen molar-refractivity contribution in [3.05, 3.63) is 5.01 Å². The molecular weight excluding hydrogens is 236 g/mol. The molecule has 0 spiro atoms. The molecule has 17 heavy (non-hydrogen) atoms. The summed E-state index contributed by atoms with van der Waals surface area (Å²) in [6, 6.07) is 0.272. The molecule has 0 aliphatic heterocycles. The van der Waals surface area contributed by atoms with Crippen molar-refractivity contribution in [1.29, 1.82) is 0 Å². The third kappa shape index (κ3) is 3.39. The van der Waals surface area contributed by atoms with Crippen molar-refractivity contribution in [2.75, 3.05) is 18.9 Å². The molecule has 1 aromatic heterocycles. The number of rotatable bonds is 6. The number of nitrogens with one attached hydrogen (secondary N) is 1. The van der Waals surface area contributed by atoms with Gasteiger partial charge in [0, 0.05) is 19.6 Å². The minimum absolute atomic E-state index is 0.0413. The number of carbonyl (C=O) groups is 1. The molecule has 1 heterocycles. The van der Waals surface area contributed by atoms with Gasteiger partial charge in [0.15, 0.2) is 0 Å². The fraction of sp³-hybridized carbons (Fsp3) is 0.727. The van der Waals surface area contributed by atoms with Gasteiger partial charge in [-0.05, 0) is 19.8 Å². The molecule has 5 nitrogen and oxygen atoms in total. The SMILES string of the molecule is CCNc1nnc(C(=O)N(C)C(CC)CC)s1. The summed E-state index contributed by atoms with van der Waals surface area (Å²) in [6.07, 6.45) is 1.91. The molecule has 0 unspecified atom stereocenters. The van der Waals surface area contributed by atoms with E-state index in [-0.39, 0.29) is 11.9 Å². The van der Waals surface area contributed by atoms with Crippen LogP contribution in [-0.2, 0) is 0 Å². The average Bonchev–Trinajstić information content (AvgIpc) is 2.78. The Morgan fingerprint density at radius 1 is 1.35 bits per heavy atom. The lowest BCUT2D eigenvalue weighted by atomic mass is 10.1. The van der Waals surface area contributed by atoms with Gasteiger partial charge in [0.05, 0.1) is 0 Å². The average molecular weight is 256 g/mol. The van der Waals surface area contributed by atoms with Crippen LogP contribution in [0.2, 0.25) is 0 Å². The van der Waals surface area contributed by atoms with Crippen LogP contribution in [0.4, 0.5) is 5.13 Å². The number of hydrogen-bond acceptors (Lipinski definition) is 5. The minimum atomic E-state index is -0.0413. The van der Waals surface area contributed by atoms with Gasteiger partial charge in [0.1, 0.15) is 0 Å². The molecule has 0 saturated carbocycles. The molecule has 0 aliphatic rings. The second kappa shape index (κ2) is 6.54. The molecular formula is C11H20N4OS. The largest absolute Gasteiger partial charge is 0.360 e. The number of anilines is 1. The van der Waals surface area contributed by atoms with Crippen molar-refractivity contribution in [2.45, 2.75) is 39.7 Å². The highest BCUT2D eigenvalue weighted by Gasteiger charge is 2.21. The van der Waals surface area contributed by atoms with Crippen molar-refractivity contribution in [2.24, 2.45) is 0 Å². The van der Waals surface area contributed by atoms with E-state index in [1.165, 1.54) is 11.3 Å². The molecule has 0 saturated heterocycles. The zero-order valence-corrected chi connectivity index (χ0v) is 11.7. The van der Waals surface area contributed by atoms with Gasteiger partial charge in [-0.3, -0.25) is 4.79 Å². The van der Waals surface area contributed by atoms with E-state index in [4.69, 9.17) is 0 Å². The highest BCUT2D eigenvalue weighted by molar-refractivity contribution is 7.17. The van der Waals surface area contributed by atoms with Crippen molar-refractivity contribution in [3.63, 3.8) is 0 Å². The summed E-state index contributed by atoms with van der Waals surface area (Å²) in [4.78, 5) is 13.9. The number of amides is 1.